The minimum absolute atomic E-state index is 0.0260. The van der Waals surface area contributed by atoms with E-state index in [-0.39, 0.29) is 12.4 Å². The van der Waals surface area contributed by atoms with Gasteiger partial charge in [0.15, 0.2) is 11.6 Å². The van der Waals surface area contributed by atoms with Crippen LogP contribution in [0.1, 0.15) is 83.6 Å². The van der Waals surface area contributed by atoms with Gasteiger partial charge < -0.3 is 4.74 Å². The molecule has 2 aliphatic rings. The monoisotopic (exact) mass is 466 g/mol. The van der Waals surface area contributed by atoms with Gasteiger partial charge in [0.1, 0.15) is 6.61 Å². The van der Waals surface area contributed by atoms with E-state index in [4.69, 9.17) is 4.74 Å². The summed E-state index contributed by atoms with van der Waals surface area (Å²) in [5.41, 5.74) is 1.11. The number of benzene rings is 2. The van der Waals surface area contributed by atoms with Gasteiger partial charge in [0.25, 0.3) is 0 Å². The van der Waals surface area contributed by atoms with Crippen LogP contribution in [0, 0.1) is 35.3 Å². The van der Waals surface area contributed by atoms with Crippen molar-refractivity contribution in [2.24, 2.45) is 23.7 Å². The van der Waals surface area contributed by atoms with Crippen LogP contribution < -0.4 is 4.74 Å². The maximum absolute atomic E-state index is 14.9. The summed E-state index contributed by atoms with van der Waals surface area (Å²) in [6, 6.07) is 7.49. The molecule has 2 fully saturated rings. The van der Waals surface area contributed by atoms with Gasteiger partial charge in [0.05, 0.1) is 0 Å². The van der Waals surface area contributed by atoms with Crippen LogP contribution in [0.5, 0.6) is 5.75 Å². The van der Waals surface area contributed by atoms with Gasteiger partial charge in [-0.2, -0.15) is 4.39 Å². The number of allylic oxidation sites excluding steroid dienone is 3. The first-order valence-electron chi connectivity index (χ1n) is 13.3. The average Bonchev–Trinajstić information content (AvgIpc) is 2.87. The summed E-state index contributed by atoms with van der Waals surface area (Å²) in [6.07, 6.45) is 18.8. The van der Waals surface area contributed by atoms with Crippen LogP contribution >= 0.6 is 0 Å². The molecule has 0 saturated heterocycles. The molecule has 184 valence electrons. The van der Waals surface area contributed by atoms with Crippen LogP contribution in [0.3, 0.4) is 0 Å². The molecule has 2 aromatic carbocycles. The fraction of sp³-hybridized carbons (Fsp3) is 0.548. The number of hydrogen-bond donors (Lipinski definition) is 0. The van der Waals surface area contributed by atoms with E-state index in [1.165, 1.54) is 51.4 Å². The summed E-state index contributed by atoms with van der Waals surface area (Å²) in [7, 11) is 0. The lowest BCUT2D eigenvalue weighted by molar-refractivity contribution is 0.148. The van der Waals surface area contributed by atoms with Crippen LogP contribution in [0.4, 0.5) is 8.78 Å². The highest BCUT2D eigenvalue weighted by Crippen LogP contribution is 2.45. The second kappa shape index (κ2) is 11.5. The van der Waals surface area contributed by atoms with Crippen molar-refractivity contribution in [3.63, 3.8) is 0 Å². The van der Waals surface area contributed by atoms with Crippen molar-refractivity contribution in [2.45, 2.75) is 78.1 Å². The molecule has 2 saturated carbocycles. The number of hydrogen-bond acceptors (Lipinski definition) is 1. The molecule has 0 radical (unpaired) electrons. The van der Waals surface area contributed by atoms with Crippen molar-refractivity contribution in [1.29, 1.82) is 0 Å². The molecule has 2 aliphatic carbocycles. The number of fused-ring (bicyclic) bond motifs is 1. The van der Waals surface area contributed by atoms with E-state index >= 15 is 0 Å². The molecule has 0 aliphatic heterocycles. The molecule has 1 atom stereocenters. The molecule has 1 nitrogen and oxygen atoms in total. The zero-order valence-corrected chi connectivity index (χ0v) is 21.0. The van der Waals surface area contributed by atoms with Crippen LogP contribution in [0.2, 0.25) is 0 Å². The lowest BCUT2D eigenvalue weighted by Gasteiger charge is -2.39. The van der Waals surface area contributed by atoms with Crippen LogP contribution in [0.25, 0.3) is 10.8 Å². The van der Waals surface area contributed by atoms with Gasteiger partial charge >= 0.3 is 0 Å². The summed E-state index contributed by atoms with van der Waals surface area (Å²) >= 11 is 0. The minimum atomic E-state index is -0.897. The van der Waals surface area contributed by atoms with Crippen molar-refractivity contribution in [1.82, 2.24) is 0 Å². The van der Waals surface area contributed by atoms with E-state index in [2.05, 4.69) is 32.1 Å². The number of rotatable bonds is 7. The highest BCUT2D eigenvalue weighted by molar-refractivity contribution is 5.85. The summed E-state index contributed by atoms with van der Waals surface area (Å²) in [5.74, 6) is 1.81. The zero-order valence-electron chi connectivity index (χ0n) is 21.0. The van der Waals surface area contributed by atoms with E-state index in [0.717, 1.165) is 23.3 Å². The first-order valence-corrected chi connectivity index (χ1v) is 13.3. The molecule has 3 heteroatoms. The molecule has 0 heterocycles. The van der Waals surface area contributed by atoms with Crippen molar-refractivity contribution < 1.29 is 13.5 Å². The molecule has 1 unspecified atom stereocenters. The smallest absolute Gasteiger partial charge is 0.201 e. The molecule has 4 rings (SSSR count). The summed E-state index contributed by atoms with van der Waals surface area (Å²) < 4.78 is 34.9. The topological polar surface area (TPSA) is 9.23 Å². The maximum atomic E-state index is 14.9. The van der Waals surface area contributed by atoms with Gasteiger partial charge in [-0.3, -0.25) is 0 Å². The third-order valence-corrected chi connectivity index (χ3v) is 8.58. The van der Waals surface area contributed by atoms with Crippen molar-refractivity contribution >= 4 is 10.8 Å². The molecule has 0 bridgehead atoms. The quantitative estimate of drug-likeness (QED) is 0.369. The first kappa shape index (κ1) is 24.9. The van der Waals surface area contributed by atoms with E-state index in [1.807, 2.05) is 25.1 Å². The van der Waals surface area contributed by atoms with Gasteiger partial charge in [-0.1, -0.05) is 43.4 Å². The summed E-state index contributed by atoms with van der Waals surface area (Å²) in [5, 5.41) is 1.04. The Morgan fingerprint density at radius 3 is 2.21 bits per heavy atom. The second-order valence-electron chi connectivity index (χ2n) is 10.5. The molecule has 34 heavy (non-hydrogen) atoms. The third kappa shape index (κ3) is 5.56. The van der Waals surface area contributed by atoms with Crippen LogP contribution in [0.15, 0.2) is 48.6 Å². The Hall–Kier alpha value is -2.16. The zero-order chi connectivity index (χ0) is 24.1. The molecule has 0 N–H and O–H groups in total. The van der Waals surface area contributed by atoms with E-state index in [1.54, 1.807) is 12.1 Å². The highest BCUT2D eigenvalue weighted by Gasteiger charge is 2.32. The van der Waals surface area contributed by atoms with Gasteiger partial charge in [0.2, 0.25) is 5.82 Å². The van der Waals surface area contributed by atoms with Crippen molar-refractivity contribution in [3.8, 4) is 5.75 Å². The predicted molar refractivity (Wildman–Crippen MR) is 138 cm³/mol. The van der Waals surface area contributed by atoms with Crippen LogP contribution in [-0.4, -0.2) is 6.61 Å². The molecule has 0 aromatic heterocycles. The number of halogens is 2. The Labute approximate surface area is 204 Å². The Bertz CT molecular complexity index is 1010. The third-order valence-electron chi connectivity index (χ3n) is 8.58. The number of ether oxygens (including phenoxy) is 1. The fourth-order valence-corrected chi connectivity index (χ4v) is 6.41. The Balaban J connectivity index is 1.40. The Kier molecular flexibility index (Phi) is 8.45. The standard InChI is InChI=1S/C31H40F2O/c1-4-6-18-34-29-20-27-17-16-26(19-28(27)30(32)31(29)33)21(3)23-12-14-25(15-13-23)24-10-8-22(7-5-2)9-11-24/h4-7,16-17,19-25H,8-15,18H2,1-3H3/b6-4+,7-5+. The van der Waals surface area contributed by atoms with Crippen LogP contribution in [-0.2, 0) is 0 Å². The van der Waals surface area contributed by atoms with Gasteiger partial charge in [-0.05, 0) is 118 Å². The normalized spacial score (nSPS) is 27.0. The Morgan fingerprint density at radius 1 is 0.882 bits per heavy atom. The molecule has 2 aromatic rings. The van der Waals surface area contributed by atoms with Gasteiger partial charge in [0, 0.05) is 5.39 Å². The average molecular weight is 467 g/mol. The molecular weight excluding hydrogens is 426 g/mol. The first-order chi connectivity index (χ1) is 16.5. The van der Waals surface area contributed by atoms with E-state index in [0.29, 0.717) is 22.6 Å². The lowest BCUT2D eigenvalue weighted by atomic mass is 9.67. The second-order valence-corrected chi connectivity index (χ2v) is 10.5. The van der Waals surface area contributed by atoms with Crippen molar-refractivity contribution in [2.75, 3.05) is 6.61 Å². The van der Waals surface area contributed by atoms with E-state index in [9.17, 15) is 8.78 Å². The SMILES string of the molecule is C/C=C/COc1cc2ccc(C(C)C3CCC(C4CCC(/C=C/C)CC4)CC3)cc2c(F)c1F. The lowest BCUT2D eigenvalue weighted by Crippen LogP contribution is -2.27. The van der Waals surface area contributed by atoms with Crippen molar-refractivity contribution in [3.05, 3.63) is 65.8 Å². The predicted octanol–water partition coefficient (Wildman–Crippen LogP) is 9.37. The highest BCUT2D eigenvalue weighted by atomic mass is 19.2. The largest absolute Gasteiger partial charge is 0.486 e. The minimum Gasteiger partial charge on any atom is -0.486 e. The molecule has 0 amide bonds. The summed E-state index contributed by atoms with van der Waals surface area (Å²) in [6.45, 7) is 6.49. The summed E-state index contributed by atoms with van der Waals surface area (Å²) in [4.78, 5) is 0. The maximum Gasteiger partial charge on any atom is 0.201 e. The molecular formula is C31H40F2O. The van der Waals surface area contributed by atoms with Gasteiger partial charge in [-0.25, -0.2) is 4.39 Å². The van der Waals surface area contributed by atoms with E-state index < -0.39 is 11.6 Å². The molecule has 0 spiro atoms. The van der Waals surface area contributed by atoms with Gasteiger partial charge in [-0.15, -0.1) is 0 Å². The Morgan fingerprint density at radius 2 is 1.56 bits per heavy atom. The fourth-order valence-electron chi connectivity index (χ4n) is 6.41.